The van der Waals surface area contributed by atoms with E-state index in [9.17, 15) is 51.1 Å². The smallest absolute Gasteiger partial charge is 0.186 e. The Kier molecular flexibility index (Phi) is 39.1. The Hall–Kier alpha value is 1.35. The zero-order chi connectivity index (χ0) is 47.4. The molecule has 0 aromatic rings. The van der Waals surface area contributed by atoms with Crippen molar-refractivity contribution in [3.05, 3.63) is 60.4 Å². The summed E-state index contributed by atoms with van der Waals surface area (Å²) in [6, 6.07) is 0. The number of aliphatic hydroxyl groups is 10. The van der Waals surface area contributed by atoms with Gasteiger partial charge in [-0.25, -0.2) is 0 Å². The first-order valence-corrected chi connectivity index (χ1v) is 21.2. The predicted octanol–water partition coefficient (Wildman–Crippen LogP) is -1.96. The SMILES string of the molecule is C=[C-]N[CH2-].C=[C-]N[CH2-].[CH2-]C1O[C@H]2OC3C(CO)O[C@@H](OCCCCC1C(O)C2O)C(O)C3O.[CH2-]C1O[C@H]2OC3C(CO)O[C@@H](OCCCCC1C(O)C2O)C(O)C3O.[CH2-]CC(C)=S.[W].[Y].[Y]. The predicted molar refractivity (Wildman–Crippen MR) is 227 cm³/mol. The molecule has 0 spiro atoms. The number of nitrogens with one attached hydrogen (secondary N) is 2. The van der Waals surface area contributed by atoms with E-state index in [0.717, 1.165) is 11.3 Å². The molecule has 382 valence electrons. The molecule has 0 aromatic heterocycles. The van der Waals surface area contributed by atoms with Gasteiger partial charge in [0.15, 0.2) is 25.2 Å². The van der Waals surface area contributed by atoms with Gasteiger partial charge in [-0.1, -0.05) is 37.3 Å². The quantitative estimate of drug-likeness (QED) is 0.0808. The maximum absolute atomic E-state index is 10.4. The van der Waals surface area contributed by atoms with Crippen LogP contribution in [0.15, 0.2) is 13.2 Å². The van der Waals surface area contributed by atoms with E-state index in [-0.39, 0.29) is 112 Å². The molecular weight excluding hydrogens is 1210 g/mol. The summed E-state index contributed by atoms with van der Waals surface area (Å²) in [7, 11) is 6.36. The van der Waals surface area contributed by atoms with E-state index in [1.807, 2.05) is 6.92 Å². The van der Waals surface area contributed by atoms with Crippen molar-refractivity contribution in [3.8, 4) is 0 Å². The number of ether oxygens (including phenoxy) is 8. The van der Waals surface area contributed by atoms with Gasteiger partial charge in [0.1, 0.15) is 61.0 Å². The van der Waals surface area contributed by atoms with Gasteiger partial charge in [0, 0.05) is 99.7 Å². The number of thiocarbonyl (C=S) groups is 1. The Morgan fingerprint density at radius 1 is 0.576 bits per heavy atom. The van der Waals surface area contributed by atoms with Crippen LogP contribution in [0, 0.1) is 59.1 Å². The number of rotatable bonds is 5. The Morgan fingerprint density at radius 2 is 0.879 bits per heavy atom. The first-order valence-electron chi connectivity index (χ1n) is 20.8. The fraction of sp³-hybridized carbons (Fsp3) is 0.762. The number of hydrogen-bond donors (Lipinski definition) is 12. The van der Waals surface area contributed by atoms with Gasteiger partial charge in [0.05, 0.1) is 25.4 Å². The van der Waals surface area contributed by atoms with E-state index in [1.54, 1.807) is 0 Å². The molecule has 12 N–H and O–H groups in total. The third-order valence-corrected chi connectivity index (χ3v) is 11.2. The van der Waals surface area contributed by atoms with Crippen LogP contribution in [-0.4, -0.2) is 193 Å². The van der Waals surface area contributed by atoms with E-state index >= 15 is 0 Å². The molecule has 12 rings (SSSR count). The van der Waals surface area contributed by atoms with E-state index < -0.39 is 124 Å². The molecule has 66 heavy (non-hydrogen) atoms. The zero-order valence-corrected chi connectivity index (χ0v) is 46.9. The van der Waals surface area contributed by atoms with Crippen LogP contribution in [0.5, 0.6) is 0 Å². The molecule has 12 aliphatic rings. The minimum absolute atomic E-state index is 0. The third-order valence-electron chi connectivity index (χ3n) is 11.0. The standard InChI is InChI=1S/2C16H27O9.C4H7S.2C3H5N.W.2Y/c2*1-7-8-4-2-3-5-22-15-13(21)11(19)14(9(6-17)24-15)25-16(23-7)12(20)10(8)18;1-3-4(2)5;2*1-3-4-2;;;/h2*7-21H,1-6H2;1,3H2,2H3;2*4H,1-2H2;;;/q3*-1;2*-2;;;/t2*7?,8?,9?,10?,11?,12?,13?,14?,15-,16+;;;;;;/m11....../s1. The van der Waals surface area contributed by atoms with Crippen molar-refractivity contribution in [2.24, 2.45) is 11.8 Å². The van der Waals surface area contributed by atoms with Crippen LogP contribution in [-0.2, 0) is 124 Å². The Labute approximate surface area is 460 Å². The van der Waals surface area contributed by atoms with E-state index in [4.69, 9.17) is 37.9 Å². The fourth-order valence-electron chi connectivity index (χ4n) is 7.30. The molecule has 0 aliphatic carbocycles. The van der Waals surface area contributed by atoms with E-state index in [0.29, 0.717) is 38.5 Å². The molecule has 16 unspecified atom stereocenters. The number of aliphatic hydroxyl groups excluding tert-OH is 10. The molecule has 2 radical (unpaired) electrons. The Bertz CT molecular complexity index is 1210. The van der Waals surface area contributed by atoms with Crippen LogP contribution >= 0.6 is 12.2 Å². The van der Waals surface area contributed by atoms with Crippen LogP contribution in [0.3, 0.4) is 0 Å². The van der Waals surface area contributed by atoms with Crippen molar-refractivity contribution in [1.82, 2.24) is 10.6 Å². The molecule has 20 nitrogen and oxygen atoms in total. The van der Waals surface area contributed by atoms with Crippen molar-refractivity contribution in [1.29, 1.82) is 0 Å². The van der Waals surface area contributed by atoms with Crippen molar-refractivity contribution in [2.45, 2.75) is 162 Å². The van der Waals surface area contributed by atoms with Crippen LogP contribution in [0.4, 0.5) is 0 Å². The first-order chi connectivity index (χ1) is 30.0. The molecule has 12 saturated heterocycles. The van der Waals surface area contributed by atoms with Crippen molar-refractivity contribution in [2.75, 3.05) is 26.4 Å². The summed E-state index contributed by atoms with van der Waals surface area (Å²) < 4.78 is 44.3. The Morgan fingerprint density at radius 3 is 1.15 bits per heavy atom. The molecule has 20 atom stereocenters. The van der Waals surface area contributed by atoms with Gasteiger partial charge < -0.3 is 133 Å². The van der Waals surface area contributed by atoms with Crippen molar-refractivity contribution in [3.63, 3.8) is 0 Å². The average Bonchev–Trinajstić information content (AvgIpc) is 3.27. The summed E-state index contributed by atoms with van der Waals surface area (Å²) in [6.07, 6.45) is -11.5. The van der Waals surface area contributed by atoms with Crippen molar-refractivity contribution >= 4 is 17.1 Å². The first kappa shape index (κ1) is 69.4. The molecule has 0 saturated carbocycles. The second kappa shape index (κ2) is 37.1. The summed E-state index contributed by atoms with van der Waals surface area (Å²) in [5.74, 6) is -0.703. The molecule has 0 aromatic carbocycles. The minimum Gasteiger partial charge on any atom is -0.713 e. The van der Waals surface area contributed by atoms with Gasteiger partial charge in [-0.2, -0.15) is 0 Å². The molecule has 0 amide bonds. The molecule has 24 heteroatoms. The summed E-state index contributed by atoms with van der Waals surface area (Å²) >= 11 is 4.63. The largest absolute Gasteiger partial charge is 0.713 e. The second-order valence-corrected chi connectivity index (χ2v) is 16.1. The molecule has 12 heterocycles. The third kappa shape index (κ3) is 21.1. The average molecular weight is 1290 g/mol. The van der Waals surface area contributed by atoms with Gasteiger partial charge in [0.25, 0.3) is 0 Å². The summed E-state index contributed by atoms with van der Waals surface area (Å²) in [4.78, 5) is 0.977. The fourth-order valence-corrected chi connectivity index (χ4v) is 7.30. The van der Waals surface area contributed by atoms with Gasteiger partial charge in [-0.05, 0) is 49.3 Å². The summed E-state index contributed by atoms with van der Waals surface area (Å²) in [5, 5.41) is 106. The van der Waals surface area contributed by atoms with Crippen molar-refractivity contribution < 1.29 is 175 Å². The Balaban J connectivity index is 0. The summed E-state index contributed by atoms with van der Waals surface area (Å²) in [5.41, 5.74) is 0. The normalized spacial score (nSPS) is 40.7. The van der Waals surface area contributed by atoms with Gasteiger partial charge in [-0.15, -0.1) is 6.42 Å². The topological polar surface area (TPSA) is 300 Å². The van der Waals surface area contributed by atoms with E-state index in [2.05, 4.69) is 83.3 Å². The van der Waals surface area contributed by atoms with Gasteiger partial charge in [0.2, 0.25) is 0 Å². The second-order valence-electron chi connectivity index (χ2n) is 15.4. The minimum atomic E-state index is -1.42. The molecule has 12 aliphatic heterocycles. The monoisotopic (exact) mass is 1290 g/mol. The maximum Gasteiger partial charge on any atom is 0.186 e. The summed E-state index contributed by atoms with van der Waals surface area (Å²) in [6.45, 7) is 19.1. The van der Waals surface area contributed by atoms with Crippen LogP contribution in [0.1, 0.15) is 51.9 Å². The van der Waals surface area contributed by atoms with Gasteiger partial charge >= 0.3 is 0 Å². The maximum atomic E-state index is 10.4. The molecule has 12 fully saturated rings. The zero-order valence-electron chi connectivity index (χ0n) is 37.5. The number of hydrogen-bond acceptors (Lipinski definition) is 21. The molecule has 8 bridgehead atoms. The van der Waals surface area contributed by atoms with E-state index in [1.165, 1.54) is 0 Å². The van der Waals surface area contributed by atoms with Crippen LogP contribution < -0.4 is 10.6 Å². The van der Waals surface area contributed by atoms with Crippen LogP contribution in [0.2, 0.25) is 0 Å². The van der Waals surface area contributed by atoms with Crippen LogP contribution in [0.25, 0.3) is 0 Å². The van der Waals surface area contributed by atoms with Gasteiger partial charge in [-0.3, -0.25) is 27.3 Å². The molecular formula is C42H71N2O18SWY2-7.